The zero-order valence-corrected chi connectivity index (χ0v) is 16.5. The van der Waals surface area contributed by atoms with Crippen LogP contribution < -0.4 is 5.32 Å². The van der Waals surface area contributed by atoms with Gasteiger partial charge >= 0.3 is 5.97 Å². The minimum Gasteiger partial charge on any atom is -0.456 e. The monoisotopic (exact) mass is 413 g/mol. The number of carbonyl (C=O) groups is 2. The summed E-state index contributed by atoms with van der Waals surface area (Å²) in [7, 11) is 0. The molecule has 0 saturated heterocycles. The van der Waals surface area contributed by atoms with Crippen molar-refractivity contribution in [1.29, 1.82) is 0 Å². The number of benzene rings is 2. The lowest BCUT2D eigenvalue weighted by molar-refractivity contribution is -0.384. The maximum atomic E-state index is 12.0. The van der Waals surface area contributed by atoms with E-state index in [0.29, 0.717) is 24.1 Å². The summed E-state index contributed by atoms with van der Waals surface area (Å²) in [6.45, 7) is 1.24. The molecule has 0 spiro atoms. The summed E-state index contributed by atoms with van der Waals surface area (Å²) >= 11 is 1.60. The van der Waals surface area contributed by atoms with Crippen molar-refractivity contribution in [2.45, 2.75) is 26.2 Å². The highest BCUT2D eigenvalue weighted by Crippen LogP contribution is 2.23. The van der Waals surface area contributed by atoms with Crippen molar-refractivity contribution >= 4 is 44.8 Å². The van der Waals surface area contributed by atoms with E-state index in [-0.39, 0.29) is 12.1 Å². The summed E-state index contributed by atoms with van der Waals surface area (Å²) in [5.41, 5.74) is 1.88. The van der Waals surface area contributed by atoms with Crippen molar-refractivity contribution in [1.82, 2.24) is 4.98 Å². The number of esters is 1. The van der Waals surface area contributed by atoms with Gasteiger partial charge in [0.05, 0.1) is 20.1 Å². The van der Waals surface area contributed by atoms with Crippen LogP contribution >= 0.6 is 11.3 Å². The first-order valence-corrected chi connectivity index (χ1v) is 9.79. The van der Waals surface area contributed by atoms with Gasteiger partial charge in [0, 0.05) is 24.2 Å². The first kappa shape index (κ1) is 20.4. The molecule has 0 atom stereocenters. The van der Waals surface area contributed by atoms with E-state index in [1.54, 1.807) is 18.3 Å². The molecule has 1 amide bonds. The molecule has 9 heteroatoms. The number of hydrogen-bond acceptors (Lipinski definition) is 7. The molecule has 0 saturated carbocycles. The molecular weight excluding hydrogens is 394 g/mol. The Morgan fingerprint density at radius 1 is 1.24 bits per heavy atom. The second-order valence-corrected chi connectivity index (χ2v) is 7.51. The largest absolute Gasteiger partial charge is 0.456 e. The topological polar surface area (TPSA) is 111 Å². The first-order chi connectivity index (χ1) is 13.9. The molecular formula is C20H19N3O5S. The second-order valence-electron chi connectivity index (χ2n) is 6.39. The summed E-state index contributed by atoms with van der Waals surface area (Å²) in [5.74, 6) is -0.955. The number of rotatable bonds is 8. The van der Waals surface area contributed by atoms with Crippen LogP contribution in [0, 0.1) is 17.0 Å². The maximum Gasteiger partial charge on any atom is 0.306 e. The van der Waals surface area contributed by atoms with Crippen LogP contribution in [0.2, 0.25) is 0 Å². The Balaban J connectivity index is 1.40. The average Bonchev–Trinajstić information content (AvgIpc) is 3.10. The number of anilines is 1. The van der Waals surface area contributed by atoms with Crippen LogP contribution in [-0.2, 0) is 20.7 Å². The number of nitrogens with one attached hydrogen (secondary N) is 1. The molecule has 0 fully saturated rings. The molecule has 1 heterocycles. The fraction of sp³-hybridized carbons (Fsp3) is 0.250. The number of nitro groups is 1. The Morgan fingerprint density at radius 2 is 2.03 bits per heavy atom. The van der Waals surface area contributed by atoms with Crippen LogP contribution in [-0.4, -0.2) is 28.4 Å². The number of hydrogen-bond donors (Lipinski definition) is 1. The van der Waals surface area contributed by atoms with Crippen LogP contribution in [0.5, 0.6) is 0 Å². The number of ether oxygens (including phenoxy) is 1. The van der Waals surface area contributed by atoms with Gasteiger partial charge < -0.3 is 10.1 Å². The molecule has 3 rings (SSSR count). The first-order valence-electron chi connectivity index (χ1n) is 8.97. The number of aromatic nitrogens is 1. The van der Waals surface area contributed by atoms with E-state index >= 15 is 0 Å². The summed E-state index contributed by atoms with van der Waals surface area (Å²) in [5, 5.41) is 14.3. The van der Waals surface area contributed by atoms with E-state index in [0.717, 1.165) is 15.2 Å². The van der Waals surface area contributed by atoms with Crippen LogP contribution in [0.3, 0.4) is 0 Å². The van der Waals surface area contributed by atoms with Gasteiger partial charge in [-0.2, -0.15) is 0 Å². The highest BCUT2D eigenvalue weighted by Gasteiger charge is 2.12. The van der Waals surface area contributed by atoms with Crippen molar-refractivity contribution in [3.63, 3.8) is 0 Å². The predicted octanol–water partition coefficient (Wildman–Crippen LogP) is 4.02. The van der Waals surface area contributed by atoms with Crippen LogP contribution in [0.15, 0.2) is 42.5 Å². The predicted molar refractivity (Wildman–Crippen MR) is 110 cm³/mol. The molecule has 1 aromatic heterocycles. The van der Waals surface area contributed by atoms with Gasteiger partial charge in [0.2, 0.25) is 0 Å². The van der Waals surface area contributed by atoms with Gasteiger partial charge in [-0.15, -0.1) is 11.3 Å². The second kappa shape index (κ2) is 9.24. The quantitative estimate of drug-likeness (QED) is 0.339. The van der Waals surface area contributed by atoms with Gasteiger partial charge in [0.15, 0.2) is 6.61 Å². The van der Waals surface area contributed by atoms with E-state index < -0.39 is 23.4 Å². The lowest BCUT2D eigenvalue weighted by Crippen LogP contribution is -2.21. The highest BCUT2D eigenvalue weighted by atomic mass is 32.1. The zero-order chi connectivity index (χ0) is 20.8. The number of nitrogens with zero attached hydrogens (tertiary/aromatic N) is 2. The van der Waals surface area contributed by atoms with E-state index in [4.69, 9.17) is 4.74 Å². The molecule has 0 unspecified atom stereocenters. The van der Waals surface area contributed by atoms with Crippen molar-refractivity contribution in [2.75, 3.05) is 11.9 Å². The van der Waals surface area contributed by atoms with Gasteiger partial charge in [0.1, 0.15) is 0 Å². The Kier molecular flexibility index (Phi) is 6.50. The Morgan fingerprint density at radius 3 is 2.76 bits per heavy atom. The standard InChI is InChI=1S/C20H19N3O5S/c1-13-11-14(23(26)27)9-10-15(13)21-18(24)12-28-20(25)8-4-7-19-22-16-5-2-3-6-17(16)29-19/h2-3,5-6,9-11H,4,7-8,12H2,1H3,(H,21,24). The fourth-order valence-corrected chi connectivity index (χ4v) is 3.73. The molecule has 150 valence electrons. The molecule has 8 nitrogen and oxygen atoms in total. The lowest BCUT2D eigenvalue weighted by atomic mass is 10.2. The number of fused-ring (bicyclic) bond motifs is 1. The van der Waals surface area contributed by atoms with E-state index in [1.165, 1.54) is 18.2 Å². The molecule has 1 N–H and O–H groups in total. The van der Waals surface area contributed by atoms with Gasteiger partial charge in [-0.25, -0.2) is 4.98 Å². The molecule has 0 radical (unpaired) electrons. The van der Waals surface area contributed by atoms with Crippen LogP contribution in [0.1, 0.15) is 23.4 Å². The van der Waals surface area contributed by atoms with Crippen molar-refractivity contribution in [2.24, 2.45) is 0 Å². The molecule has 0 aliphatic heterocycles. The number of aryl methyl sites for hydroxylation is 2. The lowest BCUT2D eigenvalue weighted by Gasteiger charge is -2.08. The SMILES string of the molecule is Cc1cc([N+](=O)[O-])ccc1NC(=O)COC(=O)CCCc1nc2ccccc2s1. The van der Waals surface area contributed by atoms with Crippen molar-refractivity contribution < 1.29 is 19.2 Å². The minimum absolute atomic E-state index is 0.0555. The average molecular weight is 413 g/mol. The Bertz CT molecular complexity index is 1030. The number of amides is 1. The Labute approximate surface area is 170 Å². The van der Waals surface area contributed by atoms with E-state index in [1.807, 2.05) is 24.3 Å². The highest BCUT2D eigenvalue weighted by molar-refractivity contribution is 7.18. The Hall–Kier alpha value is -3.33. The van der Waals surface area contributed by atoms with Crippen LogP contribution in [0.25, 0.3) is 10.2 Å². The third-order valence-corrected chi connectivity index (χ3v) is 5.27. The maximum absolute atomic E-state index is 12.0. The smallest absolute Gasteiger partial charge is 0.306 e. The number of thiazole rings is 1. The fourth-order valence-electron chi connectivity index (χ4n) is 2.72. The third kappa shape index (κ3) is 5.58. The number of nitro benzene ring substituents is 1. The molecule has 0 bridgehead atoms. The van der Waals surface area contributed by atoms with Crippen molar-refractivity contribution in [3.05, 3.63) is 63.1 Å². The molecule has 2 aromatic carbocycles. The number of para-hydroxylation sites is 1. The van der Waals surface area contributed by atoms with Crippen LogP contribution in [0.4, 0.5) is 11.4 Å². The van der Waals surface area contributed by atoms with Gasteiger partial charge in [0.25, 0.3) is 11.6 Å². The third-order valence-electron chi connectivity index (χ3n) is 4.17. The summed E-state index contributed by atoms with van der Waals surface area (Å²) in [6, 6.07) is 12.0. The van der Waals surface area contributed by atoms with Gasteiger partial charge in [-0.05, 0) is 43.5 Å². The van der Waals surface area contributed by atoms with E-state index in [9.17, 15) is 19.7 Å². The van der Waals surface area contributed by atoms with E-state index in [2.05, 4.69) is 10.3 Å². The van der Waals surface area contributed by atoms with Gasteiger partial charge in [-0.1, -0.05) is 12.1 Å². The zero-order valence-electron chi connectivity index (χ0n) is 15.7. The van der Waals surface area contributed by atoms with Crippen molar-refractivity contribution in [3.8, 4) is 0 Å². The minimum atomic E-state index is -0.505. The molecule has 29 heavy (non-hydrogen) atoms. The summed E-state index contributed by atoms with van der Waals surface area (Å²) in [4.78, 5) is 38.6. The molecule has 3 aromatic rings. The summed E-state index contributed by atoms with van der Waals surface area (Å²) < 4.78 is 6.11. The molecule has 0 aliphatic carbocycles. The normalized spacial score (nSPS) is 10.7. The number of carbonyl (C=O) groups excluding carboxylic acids is 2. The number of non-ortho nitro benzene ring substituents is 1. The van der Waals surface area contributed by atoms with Gasteiger partial charge in [-0.3, -0.25) is 19.7 Å². The molecule has 0 aliphatic rings. The summed E-state index contributed by atoms with van der Waals surface area (Å²) in [6.07, 6.45) is 1.45.